The average molecular weight is 282 g/mol. The first kappa shape index (κ1) is 13.9. The van der Waals surface area contributed by atoms with Crippen LogP contribution in [-0.4, -0.2) is 18.6 Å². The molecule has 0 aliphatic heterocycles. The average Bonchev–Trinajstić information content (AvgIpc) is 2.23. The van der Waals surface area contributed by atoms with Gasteiger partial charge in [-0.25, -0.2) is 4.98 Å². The Kier molecular flexibility index (Phi) is 5.16. The van der Waals surface area contributed by atoms with Gasteiger partial charge in [-0.2, -0.15) is 0 Å². The summed E-state index contributed by atoms with van der Waals surface area (Å²) in [6.45, 7) is 5.23. The van der Waals surface area contributed by atoms with E-state index in [1.807, 2.05) is 11.9 Å². The van der Waals surface area contributed by atoms with Gasteiger partial charge >= 0.3 is 0 Å². The van der Waals surface area contributed by atoms with Gasteiger partial charge in [-0.3, -0.25) is 0 Å². The molecule has 0 aromatic carbocycles. The van der Waals surface area contributed by atoms with Gasteiger partial charge in [0.1, 0.15) is 11.0 Å². The van der Waals surface area contributed by atoms with Crippen LogP contribution >= 0.6 is 34.8 Å². The second-order valence-electron chi connectivity index (χ2n) is 3.96. The van der Waals surface area contributed by atoms with Crippen molar-refractivity contribution < 1.29 is 0 Å². The van der Waals surface area contributed by atoms with E-state index in [4.69, 9.17) is 34.8 Å². The summed E-state index contributed by atoms with van der Waals surface area (Å²) in [5.41, 5.74) is 0. The van der Waals surface area contributed by atoms with Crippen molar-refractivity contribution in [1.29, 1.82) is 0 Å². The van der Waals surface area contributed by atoms with E-state index in [2.05, 4.69) is 18.8 Å². The van der Waals surface area contributed by atoms with Crippen LogP contribution < -0.4 is 4.90 Å². The minimum Gasteiger partial charge on any atom is -0.358 e. The fourth-order valence-electron chi connectivity index (χ4n) is 1.39. The highest BCUT2D eigenvalue weighted by atomic mass is 35.5. The molecule has 0 aliphatic rings. The number of nitrogens with zero attached hydrogens (tertiary/aromatic N) is 2. The zero-order valence-corrected chi connectivity index (χ0v) is 11.9. The molecule has 0 bridgehead atoms. The second kappa shape index (κ2) is 5.95. The molecule has 1 aromatic heterocycles. The number of anilines is 1. The van der Waals surface area contributed by atoms with Crippen LogP contribution in [0.3, 0.4) is 0 Å². The Hall–Kier alpha value is -0.180. The van der Waals surface area contributed by atoms with Gasteiger partial charge in [-0.15, -0.1) is 0 Å². The summed E-state index contributed by atoms with van der Waals surface area (Å²) in [5, 5.41) is 1.20. The van der Waals surface area contributed by atoms with Crippen molar-refractivity contribution in [2.75, 3.05) is 18.5 Å². The van der Waals surface area contributed by atoms with Gasteiger partial charge in [0.2, 0.25) is 0 Å². The quantitative estimate of drug-likeness (QED) is 0.754. The van der Waals surface area contributed by atoms with E-state index in [-0.39, 0.29) is 5.15 Å². The summed E-state index contributed by atoms with van der Waals surface area (Å²) in [5.74, 6) is 1.26. The van der Waals surface area contributed by atoms with Gasteiger partial charge in [0.25, 0.3) is 0 Å². The van der Waals surface area contributed by atoms with E-state index >= 15 is 0 Å². The molecule has 0 saturated heterocycles. The molecule has 1 unspecified atom stereocenters. The molecule has 1 aromatic rings. The molecule has 0 saturated carbocycles. The molecule has 16 heavy (non-hydrogen) atoms. The Balaban J connectivity index is 2.91. The predicted molar refractivity (Wildman–Crippen MR) is 72.0 cm³/mol. The summed E-state index contributed by atoms with van der Waals surface area (Å²) < 4.78 is 0. The number of hydrogen-bond acceptors (Lipinski definition) is 2. The zero-order chi connectivity index (χ0) is 12.3. The highest BCUT2D eigenvalue weighted by Gasteiger charge is 2.13. The second-order valence-corrected chi connectivity index (χ2v) is 5.13. The van der Waals surface area contributed by atoms with Crippen LogP contribution in [0.4, 0.5) is 5.82 Å². The van der Waals surface area contributed by atoms with Crippen molar-refractivity contribution in [2.45, 2.75) is 20.3 Å². The molecular formula is C11H15Cl3N2. The third-order valence-corrected chi connectivity index (χ3v) is 3.46. The van der Waals surface area contributed by atoms with Gasteiger partial charge in [0.15, 0.2) is 0 Å². The lowest BCUT2D eigenvalue weighted by molar-refractivity contribution is 0.558. The molecule has 0 spiro atoms. The Bertz CT molecular complexity index is 368. The monoisotopic (exact) mass is 280 g/mol. The number of halogens is 3. The van der Waals surface area contributed by atoms with E-state index in [9.17, 15) is 0 Å². The van der Waals surface area contributed by atoms with Gasteiger partial charge in [0, 0.05) is 13.6 Å². The fourth-order valence-corrected chi connectivity index (χ4v) is 2.02. The van der Waals surface area contributed by atoms with E-state index in [1.54, 1.807) is 6.07 Å². The molecule has 2 nitrogen and oxygen atoms in total. The van der Waals surface area contributed by atoms with E-state index < -0.39 is 0 Å². The number of rotatable bonds is 4. The van der Waals surface area contributed by atoms with Crippen molar-refractivity contribution in [3.8, 4) is 0 Å². The van der Waals surface area contributed by atoms with Crippen LogP contribution in [0.1, 0.15) is 20.3 Å². The summed E-state index contributed by atoms with van der Waals surface area (Å²) in [6.07, 6.45) is 1.11. The Labute approximate surface area is 112 Å². The first-order valence-corrected chi connectivity index (χ1v) is 6.31. The molecular weight excluding hydrogens is 266 g/mol. The SMILES string of the molecule is CCC(C)CN(C)c1nc(Cl)c(Cl)cc1Cl. The van der Waals surface area contributed by atoms with Crippen molar-refractivity contribution in [2.24, 2.45) is 5.92 Å². The highest BCUT2D eigenvalue weighted by molar-refractivity contribution is 6.42. The highest BCUT2D eigenvalue weighted by Crippen LogP contribution is 2.30. The first-order chi connectivity index (χ1) is 7.45. The topological polar surface area (TPSA) is 16.1 Å². The molecule has 0 N–H and O–H groups in total. The van der Waals surface area contributed by atoms with Crippen molar-refractivity contribution >= 4 is 40.6 Å². The van der Waals surface area contributed by atoms with Gasteiger partial charge in [0.05, 0.1) is 10.0 Å². The van der Waals surface area contributed by atoms with Crippen LogP contribution in [0.25, 0.3) is 0 Å². The minimum absolute atomic E-state index is 0.289. The normalized spacial score (nSPS) is 12.6. The summed E-state index contributed by atoms with van der Waals surface area (Å²) in [6, 6.07) is 1.63. The fraction of sp³-hybridized carbons (Fsp3) is 0.545. The predicted octanol–water partition coefficient (Wildman–Crippen LogP) is 4.52. The smallest absolute Gasteiger partial charge is 0.150 e. The maximum absolute atomic E-state index is 6.08. The lowest BCUT2D eigenvalue weighted by Crippen LogP contribution is -2.24. The van der Waals surface area contributed by atoms with Gasteiger partial charge < -0.3 is 4.90 Å². The third-order valence-electron chi connectivity index (χ3n) is 2.51. The first-order valence-electron chi connectivity index (χ1n) is 5.18. The lowest BCUT2D eigenvalue weighted by Gasteiger charge is -2.22. The number of aromatic nitrogens is 1. The van der Waals surface area contributed by atoms with Crippen LogP contribution in [0.15, 0.2) is 6.07 Å². The van der Waals surface area contributed by atoms with E-state index in [1.165, 1.54) is 0 Å². The van der Waals surface area contributed by atoms with Gasteiger partial charge in [-0.1, -0.05) is 55.1 Å². The molecule has 90 valence electrons. The summed E-state index contributed by atoms with van der Waals surface area (Å²) >= 11 is 17.8. The van der Waals surface area contributed by atoms with Crippen LogP contribution in [-0.2, 0) is 0 Å². The number of hydrogen-bond donors (Lipinski definition) is 0. The maximum atomic E-state index is 6.08. The van der Waals surface area contributed by atoms with E-state index in [0.29, 0.717) is 21.8 Å². The van der Waals surface area contributed by atoms with Crippen molar-refractivity contribution in [1.82, 2.24) is 4.98 Å². The van der Waals surface area contributed by atoms with Crippen LogP contribution in [0, 0.1) is 5.92 Å². The van der Waals surface area contributed by atoms with E-state index in [0.717, 1.165) is 13.0 Å². The molecule has 1 atom stereocenters. The molecule has 1 heterocycles. The number of pyridine rings is 1. The Morgan fingerprint density at radius 1 is 1.31 bits per heavy atom. The Morgan fingerprint density at radius 2 is 1.94 bits per heavy atom. The van der Waals surface area contributed by atoms with Crippen LogP contribution in [0.5, 0.6) is 0 Å². The minimum atomic E-state index is 0.289. The van der Waals surface area contributed by atoms with Crippen LogP contribution in [0.2, 0.25) is 15.2 Å². The van der Waals surface area contributed by atoms with Crippen molar-refractivity contribution in [3.63, 3.8) is 0 Å². The maximum Gasteiger partial charge on any atom is 0.150 e. The summed E-state index contributed by atoms with van der Waals surface area (Å²) in [4.78, 5) is 6.19. The largest absolute Gasteiger partial charge is 0.358 e. The third kappa shape index (κ3) is 3.41. The Morgan fingerprint density at radius 3 is 2.50 bits per heavy atom. The van der Waals surface area contributed by atoms with Crippen molar-refractivity contribution in [3.05, 3.63) is 21.3 Å². The lowest BCUT2D eigenvalue weighted by atomic mass is 10.1. The molecule has 0 aliphatic carbocycles. The summed E-state index contributed by atoms with van der Waals surface area (Å²) in [7, 11) is 1.95. The molecule has 0 radical (unpaired) electrons. The standard InChI is InChI=1S/C11H15Cl3N2/c1-4-7(2)6-16(3)11-9(13)5-8(12)10(14)15-11/h5,7H,4,6H2,1-3H3. The molecule has 0 fully saturated rings. The molecule has 5 heteroatoms. The zero-order valence-electron chi connectivity index (χ0n) is 9.60. The molecule has 1 rings (SSSR count). The van der Waals surface area contributed by atoms with Gasteiger partial charge in [-0.05, 0) is 12.0 Å². The molecule has 0 amide bonds.